The third kappa shape index (κ3) is 3.82. The van der Waals surface area contributed by atoms with Crippen molar-refractivity contribution in [2.75, 3.05) is 38.1 Å². The molecular formula is C18H21FN2O4. The van der Waals surface area contributed by atoms with Crippen molar-refractivity contribution in [2.24, 2.45) is 0 Å². The first-order valence-corrected chi connectivity index (χ1v) is 8.16. The van der Waals surface area contributed by atoms with Crippen molar-refractivity contribution < 1.29 is 23.5 Å². The lowest BCUT2D eigenvalue weighted by molar-refractivity contribution is -0.222. The van der Waals surface area contributed by atoms with E-state index in [0.717, 1.165) is 13.1 Å². The van der Waals surface area contributed by atoms with Gasteiger partial charge in [0.2, 0.25) is 0 Å². The predicted molar refractivity (Wildman–Crippen MR) is 90.4 cm³/mol. The predicted octanol–water partition coefficient (Wildman–Crippen LogP) is 1.80. The summed E-state index contributed by atoms with van der Waals surface area (Å²) in [7, 11) is 2.02. The van der Waals surface area contributed by atoms with Crippen molar-refractivity contribution in [3.05, 3.63) is 35.2 Å². The molecule has 0 amide bonds. The zero-order valence-electron chi connectivity index (χ0n) is 14.5. The number of rotatable bonds is 2. The second-order valence-electron chi connectivity index (χ2n) is 6.74. The normalized spacial score (nSPS) is 21.0. The minimum absolute atomic E-state index is 0.199. The number of cyclic esters (lactones) is 2. The molecule has 6 nitrogen and oxygen atoms in total. The van der Waals surface area contributed by atoms with E-state index in [1.807, 2.05) is 11.9 Å². The van der Waals surface area contributed by atoms with Crippen LogP contribution in [0.4, 0.5) is 10.1 Å². The second kappa shape index (κ2) is 6.48. The molecule has 3 rings (SSSR count). The molecule has 0 N–H and O–H groups in total. The molecule has 7 heteroatoms. The highest BCUT2D eigenvalue weighted by Gasteiger charge is 2.38. The van der Waals surface area contributed by atoms with Crippen molar-refractivity contribution in [3.8, 4) is 0 Å². The van der Waals surface area contributed by atoms with Crippen LogP contribution in [0.2, 0.25) is 0 Å². The van der Waals surface area contributed by atoms with Gasteiger partial charge < -0.3 is 19.3 Å². The Balaban J connectivity index is 1.87. The van der Waals surface area contributed by atoms with E-state index < -0.39 is 17.7 Å². The van der Waals surface area contributed by atoms with Crippen molar-refractivity contribution in [3.63, 3.8) is 0 Å². The number of esters is 2. The van der Waals surface area contributed by atoms with Crippen LogP contribution in [0.5, 0.6) is 0 Å². The monoisotopic (exact) mass is 348 g/mol. The number of carbonyl (C=O) groups excluding carboxylic acids is 2. The number of nitrogens with zero attached hydrogens (tertiary/aromatic N) is 2. The SMILES string of the molecule is CN1CCN(c2cc(C=C3C(=O)OC(C)(C)OC3=O)ccc2F)CC1. The maximum Gasteiger partial charge on any atom is 0.348 e. The van der Waals surface area contributed by atoms with Gasteiger partial charge in [0, 0.05) is 40.0 Å². The average Bonchev–Trinajstić information content (AvgIpc) is 2.52. The van der Waals surface area contributed by atoms with Gasteiger partial charge in [-0.05, 0) is 30.8 Å². The van der Waals surface area contributed by atoms with E-state index in [2.05, 4.69) is 4.90 Å². The van der Waals surface area contributed by atoms with Crippen LogP contribution >= 0.6 is 0 Å². The van der Waals surface area contributed by atoms with Gasteiger partial charge in [0.25, 0.3) is 5.79 Å². The molecule has 0 saturated carbocycles. The number of halogens is 1. The molecule has 0 aliphatic carbocycles. The number of ether oxygens (including phenoxy) is 2. The molecule has 0 spiro atoms. The summed E-state index contributed by atoms with van der Waals surface area (Å²) in [6.45, 7) is 6.10. The van der Waals surface area contributed by atoms with E-state index in [-0.39, 0.29) is 11.4 Å². The Morgan fingerprint density at radius 1 is 1.08 bits per heavy atom. The molecule has 1 aromatic rings. The largest absolute Gasteiger partial charge is 0.419 e. The van der Waals surface area contributed by atoms with Crippen LogP contribution < -0.4 is 4.90 Å². The molecule has 2 aliphatic heterocycles. The van der Waals surface area contributed by atoms with E-state index >= 15 is 0 Å². The van der Waals surface area contributed by atoms with Crippen molar-refractivity contribution in [1.29, 1.82) is 0 Å². The van der Waals surface area contributed by atoms with Gasteiger partial charge in [0.05, 0.1) is 5.69 Å². The lowest BCUT2D eigenvalue weighted by atomic mass is 10.1. The first-order valence-electron chi connectivity index (χ1n) is 8.16. The summed E-state index contributed by atoms with van der Waals surface area (Å²) < 4.78 is 24.4. The van der Waals surface area contributed by atoms with Gasteiger partial charge in [0.1, 0.15) is 11.4 Å². The third-order valence-corrected chi connectivity index (χ3v) is 4.24. The van der Waals surface area contributed by atoms with E-state index in [9.17, 15) is 14.0 Å². The molecule has 2 saturated heterocycles. The highest BCUT2D eigenvalue weighted by molar-refractivity contribution is 6.18. The van der Waals surface area contributed by atoms with Gasteiger partial charge in [-0.1, -0.05) is 6.07 Å². The Labute approximate surface area is 145 Å². The fourth-order valence-corrected chi connectivity index (χ4v) is 2.85. The number of benzene rings is 1. The molecule has 134 valence electrons. The summed E-state index contributed by atoms with van der Waals surface area (Å²) in [6, 6.07) is 4.49. The average molecular weight is 348 g/mol. The van der Waals surface area contributed by atoms with Crippen LogP contribution in [-0.2, 0) is 19.1 Å². The first-order chi connectivity index (χ1) is 11.7. The first kappa shape index (κ1) is 17.4. The molecule has 0 atom stereocenters. The van der Waals surface area contributed by atoms with Gasteiger partial charge in [-0.3, -0.25) is 0 Å². The lowest BCUT2D eigenvalue weighted by Gasteiger charge is -2.34. The molecule has 0 aromatic heterocycles. The topological polar surface area (TPSA) is 59.1 Å². The Kier molecular flexibility index (Phi) is 4.51. The fourth-order valence-electron chi connectivity index (χ4n) is 2.85. The molecule has 2 fully saturated rings. The van der Waals surface area contributed by atoms with Gasteiger partial charge in [0.15, 0.2) is 0 Å². The van der Waals surface area contributed by atoms with Gasteiger partial charge in [-0.2, -0.15) is 0 Å². The molecule has 0 unspecified atom stereocenters. The van der Waals surface area contributed by atoms with Crippen LogP contribution in [0, 0.1) is 5.82 Å². The van der Waals surface area contributed by atoms with Gasteiger partial charge >= 0.3 is 11.9 Å². The summed E-state index contributed by atoms with van der Waals surface area (Å²) in [5.41, 5.74) is 0.800. The molecule has 2 heterocycles. The van der Waals surface area contributed by atoms with Crippen molar-refractivity contribution in [1.82, 2.24) is 4.90 Å². The zero-order chi connectivity index (χ0) is 18.2. The molecule has 0 bridgehead atoms. The third-order valence-electron chi connectivity index (χ3n) is 4.24. The molecule has 2 aliphatic rings. The summed E-state index contributed by atoms with van der Waals surface area (Å²) in [6.07, 6.45) is 1.37. The number of hydrogen-bond acceptors (Lipinski definition) is 6. The van der Waals surface area contributed by atoms with E-state index in [1.165, 1.54) is 32.1 Å². The van der Waals surface area contributed by atoms with E-state index in [1.54, 1.807) is 6.07 Å². The Bertz CT molecular complexity index is 715. The highest BCUT2D eigenvalue weighted by Crippen LogP contribution is 2.27. The number of carbonyl (C=O) groups is 2. The van der Waals surface area contributed by atoms with Crippen LogP contribution in [0.3, 0.4) is 0 Å². The molecular weight excluding hydrogens is 327 g/mol. The van der Waals surface area contributed by atoms with Crippen LogP contribution in [0.1, 0.15) is 19.4 Å². The Morgan fingerprint density at radius 3 is 2.28 bits per heavy atom. The summed E-state index contributed by atoms with van der Waals surface area (Å²) in [4.78, 5) is 28.2. The number of anilines is 1. The fraction of sp³-hybridized carbons (Fsp3) is 0.444. The molecule has 1 aromatic carbocycles. The minimum Gasteiger partial charge on any atom is -0.419 e. The quantitative estimate of drug-likeness (QED) is 0.461. The van der Waals surface area contributed by atoms with Crippen LogP contribution in [-0.4, -0.2) is 55.9 Å². The van der Waals surface area contributed by atoms with Crippen molar-refractivity contribution >= 4 is 23.7 Å². The maximum absolute atomic E-state index is 14.2. The Hall–Kier alpha value is -2.41. The standard InChI is InChI=1S/C18H21FN2O4/c1-18(2)24-16(22)13(17(23)25-18)10-12-4-5-14(19)15(11-12)21-8-6-20(3)7-9-21/h4-5,10-11H,6-9H2,1-3H3. The number of hydrogen-bond donors (Lipinski definition) is 0. The van der Waals surface area contributed by atoms with Crippen LogP contribution in [0.15, 0.2) is 23.8 Å². The minimum atomic E-state index is -1.28. The second-order valence-corrected chi connectivity index (χ2v) is 6.74. The van der Waals surface area contributed by atoms with Crippen molar-refractivity contribution in [2.45, 2.75) is 19.6 Å². The molecule has 0 radical (unpaired) electrons. The maximum atomic E-state index is 14.2. The lowest BCUT2D eigenvalue weighted by Crippen LogP contribution is -2.44. The Morgan fingerprint density at radius 2 is 1.68 bits per heavy atom. The number of piperazine rings is 1. The smallest absolute Gasteiger partial charge is 0.348 e. The van der Waals surface area contributed by atoms with Gasteiger partial charge in [-0.25, -0.2) is 14.0 Å². The van der Waals surface area contributed by atoms with E-state index in [4.69, 9.17) is 9.47 Å². The zero-order valence-corrected chi connectivity index (χ0v) is 14.5. The van der Waals surface area contributed by atoms with Gasteiger partial charge in [-0.15, -0.1) is 0 Å². The van der Waals surface area contributed by atoms with Crippen LogP contribution in [0.25, 0.3) is 6.08 Å². The summed E-state index contributed by atoms with van der Waals surface area (Å²) in [5.74, 6) is -3.10. The summed E-state index contributed by atoms with van der Waals surface area (Å²) in [5, 5.41) is 0. The van der Waals surface area contributed by atoms with E-state index in [0.29, 0.717) is 24.3 Å². The highest BCUT2D eigenvalue weighted by atomic mass is 19.1. The summed E-state index contributed by atoms with van der Waals surface area (Å²) >= 11 is 0. The molecule has 25 heavy (non-hydrogen) atoms. The number of likely N-dealkylation sites (N-methyl/N-ethyl adjacent to an activating group) is 1.